The Bertz CT molecular complexity index is 666. The molecule has 0 bridgehead atoms. The highest BCUT2D eigenvalue weighted by atomic mass is 79.9. The second kappa shape index (κ2) is 6.26. The number of nitrogens with zero attached hydrogens (tertiary/aromatic N) is 1. The van der Waals surface area contributed by atoms with E-state index in [0.717, 1.165) is 21.3 Å². The Kier molecular flexibility index (Phi) is 4.63. The molecule has 0 heterocycles. The third kappa shape index (κ3) is 3.82. The Morgan fingerprint density at radius 2 is 1.90 bits per heavy atom. The van der Waals surface area contributed by atoms with Crippen molar-refractivity contribution >= 4 is 27.3 Å². The van der Waals surface area contributed by atoms with Crippen LogP contribution in [-0.2, 0) is 0 Å². The molecule has 2 rings (SSSR count). The van der Waals surface area contributed by atoms with E-state index in [9.17, 15) is 10.1 Å². The lowest BCUT2D eigenvalue weighted by molar-refractivity contribution is -0.385. The highest BCUT2D eigenvalue weighted by molar-refractivity contribution is 9.10. The fraction of sp³-hybridized carbons (Fsp3) is 0.250. The molecule has 2 aromatic carbocycles. The first kappa shape index (κ1) is 15.5. The summed E-state index contributed by atoms with van der Waals surface area (Å²) in [6.45, 7) is 5.76. The van der Waals surface area contributed by atoms with Gasteiger partial charge in [-0.05, 0) is 50.1 Å². The molecule has 0 spiro atoms. The SMILES string of the molecule is Cc1cc(Br)cc(NC(C)c2ccc(C)c([N+](=O)[O-])c2)c1. The van der Waals surface area contributed by atoms with Crippen molar-refractivity contribution in [1.29, 1.82) is 0 Å². The maximum atomic E-state index is 11.0. The van der Waals surface area contributed by atoms with Gasteiger partial charge in [0.2, 0.25) is 0 Å². The first-order chi connectivity index (χ1) is 9.86. The Morgan fingerprint density at radius 3 is 2.52 bits per heavy atom. The summed E-state index contributed by atoms with van der Waals surface area (Å²) >= 11 is 3.47. The monoisotopic (exact) mass is 348 g/mol. The molecule has 5 heteroatoms. The highest BCUT2D eigenvalue weighted by Gasteiger charge is 2.14. The van der Waals surface area contributed by atoms with Crippen molar-refractivity contribution in [2.45, 2.75) is 26.8 Å². The van der Waals surface area contributed by atoms with Gasteiger partial charge in [0.1, 0.15) is 0 Å². The van der Waals surface area contributed by atoms with Crippen LogP contribution in [0.2, 0.25) is 0 Å². The summed E-state index contributed by atoms with van der Waals surface area (Å²) in [5, 5.41) is 14.4. The number of hydrogen-bond donors (Lipinski definition) is 1. The molecule has 0 aromatic heterocycles. The third-order valence-corrected chi connectivity index (χ3v) is 3.81. The number of benzene rings is 2. The second-order valence-electron chi connectivity index (χ2n) is 5.19. The van der Waals surface area contributed by atoms with Crippen molar-refractivity contribution in [3.63, 3.8) is 0 Å². The van der Waals surface area contributed by atoms with E-state index in [2.05, 4.69) is 21.2 Å². The summed E-state index contributed by atoms with van der Waals surface area (Å²) in [6.07, 6.45) is 0. The average Bonchev–Trinajstić information content (AvgIpc) is 2.37. The average molecular weight is 349 g/mol. The molecule has 0 radical (unpaired) electrons. The van der Waals surface area contributed by atoms with Crippen LogP contribution in [0.4, 0.5) is 11.4 Å². The van der Waals surface area contributed by atoms with Crippen molar-refractivity contribution in [2.75, 3.05) is 5.32 Å². The fourth-order valence-electron chi connectivity index (χ4n) is 2.25. The standard InChI is InChI=1S/C16H17BrN2O2/c1-10-6-14(17)9-15(7-10)18-12(3)13-5-4-11(2)16(8-13)19(20)21/h4-9,12,18H,1-3H3. The minimum Gasteiger partial charge on any atom is -0.378 e. The molecular formula is C16H17BrN2O2. The van der Waals surface area contributed by atoms with Crippen molar-refractivity contribution in [3.05, 3.63) is 67.7 Å². The molecule has 0 saturated carbocycles. The summed E-state index contributed by atoms with van der Waals surface area (Å²) in [5.41, 5.74) is 3.86. The highest BCUT2D eigenvalue weighted by Crippen LogP contribution is 2.27. The number of halogens is 1. The predicted octanol–water partition coefficient (Wildman–Crippen LogP) is 5.15. The molecule has 1 N–H and O–H groups in total. The van der Waals surface area contributed by atoms with Gasteiger partial charge in [0.05, 0.1) is 4.92 Å². The van der Waals surface area contributed by atoms with E-state index in [1.54, 1.807) is 19.1 Å². The van der Waals surface area contributed by atoms with Gasteiger partial charge in [-0.1, -0.05) is 28.1 Å². The quantitative estimate of drug-likeness (QED) is 0.614. The molecule has 1 atom stereocenters. The van der Waals surface area contributed by atoms with Crippen LogP contribution in [-0.4, -0.2) is 4.92 Å². The minimum absolute atomic E-state index is 0.0157. The van der Waals surface area contributed by atoms with Crippen LogP contribution < -0.4 is 5.32 Å². The minimum atomic E-state index is -0.338. The van der Waals surface area contributed by atoms with Crippen LogP contribution in [0.5, 0.6) is 0 Å². The first-order valence-corrected chi connectivity index (χ1v) is 7.45. The van der Waals surface area contributed by atoms with Gasteiger partial charge in [-0.2, -0.15) is 0 Å². The molecule has 2 aromatic rings. The maximum absolute atomic E-state index is 11.0. The van der Waals surface area contributed by atoms with Gasteiger partial charge in [0.15, 0.2) is 0 Å². The molecule has 21 heavy (non-hydrogen) atoms. The van der Waals surface area contributed by atoms with E-state index in [-0.39, 0.29) is 16.7 Å². The molecule has 0 aliphatic rings. The summed E-state index contributed by atoms with van der Waals surface area (Å²) in [6, 6.07) is 11.4. The van der Waals surface area contributed by atoms with Gasteiger partial charge in [-0.3, -0.25) is 10.1 Å². The summed E-state index contributed by atoms with van der Waals surface area (Å²) in [5.74, 6) is 0. The van der Waals surface area contributed by atoms with Gasteiger partial charge in [0.25, 0.3) is 5.69 Å². The fourth-order valence-corrected chi connectivity index (χ4v) is 2.85. The summed E-state index contributed by atoms with van der Waals surface area (Å²) in [4.78, 5) is 10.7. The Balaban J connectivity index is 2.26. The number of aryl methyl sites for hydroxylation is 2. The number of nitrogens with one attached hydrogen (secondary N) is 1. The number of anilines is 1. The van der Waals surface area contributed by atoms with Crippen LogP contribution in [0.15, 0.2) is 40.9 Å². The lowest BCUT2D eigenvalue weighted by Crippen LogP contribution is -2.07. The van der Waals surface area contributed by atoms with Gasteiger partial charge in [-0.15, -0.1) is 0 Å². The Hall–Kier alpha value is -1.88. The summed E-state index contributed by atoms with van der Waals surface area (Å²) in [7, 11) is 0. The molecule has 0 fully saturated rings. The Labute approximate surface area is 132 Å². The van der Waals surface area contributed by atoms with E-state index < -0.39 is 0 Å². The lowest BCUT2D eigenvalue weighted by Gasteiger charge is -2.17. The van der Waals surface area contributed by atoms with Crippen molar-refractivity contribution in [2.24, 2.45) is 0 Å². The molecule has 0 saturated heterocycles. The molecule has 1 unspecified atom stereocenters. The molecule has 0 aliphatic carbocycles. The number of hydrogen-bond acceptors (Lipinski definition) is 3. The largest absolute Gasteiger partial charge is 0.378 e. The number of rotatable bonds is 4. The van der Waals surface area contributed by atoms with E-state index >= 15 is 0 Å². The topological polar surface area (TPSA) is 55.2 Å². The predicted molar refractivity (Wildman–Crippen MR) is 88.8 cm³/mol. The van der Waals surface area contributed by atoms with Gasteiger partial charge in [-0.25, -0.2) is 0 Å². The summed E-state index contributed by atoms with van der Waals surface area (Å²) < 4.78 is 1.01. The number of nitro groups is 1. The second-order valence-corrected chi connectivity index (χ2v) is 6.10. The first-order valence-electron chi connectivity index (χ1n) is 6.65. The number of nitro benzene ring substituents is 1. The van der Waals surface area contributed by atoms with E-state index in [1.165, 1.54) is 0 Å². The van der Waals surface area contributed by atoms with E-state index in [4.69, 9.17) is 0 Å². The van der Waals surface area contributed by atoms with Crippen LogP contribution >= 0.6 is 15.9 Å². The molecule has 0 amide bonds. The smallest absolute Gasteiger partial charge is 0.272 e. The zero-order valence-electron chi connectivity index (χ0n) is 12.2. The van der Waals surface area contributed by atoms with Gasteiger partial charge < -0.3 is 5.32 Å². The zero-order valence-corrected chi connectivity index (χ0v) is 13.8. The molecule has 0 aliphatic heterocycles. The normalized spacial score (nSPS) is 12.0. The molecule has 110 valence electrons. The molecule has 4 nitrogen and oxygen atoms in total. The third-order valence-electron chi connectivity index (χ3n) is 3.36. The maximum Gasteiger partial charge on any atom is 0.272 e. The van der Waals surface area contributed by atoms with Crippen molar-refractivity contribution in [3.8, 4) is 0 Å². The van der Waals surface area contributed by atoms with Crippen molar-refractivity contribution < 1.29 is 4.92 Å². The zero-order chi connectivity index (χ0) is 15.6. The van der Waals surface area contributed by atoms with Crippen molar-refractivity contribution in [1.82, 2.24) is 0 Å². The van der Waals surface area contributed by atoms with Gasteiger partial charge in [0, 0.05) is 27.8 Å². The van der Waals surface area contributed by atoms with Crippen LogP contribution in [0.3, 0.4) is 0 Å². The molecular weight excluding hydrogens is 332 g/mol. The van der Waals surface area contributed by atoms with E-state index in [0.29, 0.717) is 5.56 Å². The van der Waals surface area contributed by atoms with Gasteiger partial charge >= 0.3 is 0 Å². The lowest BCUT2D eigenvalue weighted by atomic mass is 10.0. The van der Waals surface area contributed by atoms with Crippen LogP contribution in [0.1, 0.15) is 29.7 Å². The van der Waals surface area contributed by atoms with Crippen LogP contribution in [0, 0.1) is 24.0 Å². The van der Waals surface area contributed by atoms with E-state index in [1.807, 2.05) is 38.1 Å². The Morgan fingerprint density at radius 1 is 1.19 bits per heavy atom. The van der Waals surface area contributed by atoms with Crippen LogP contribution in [0.25, 0.3) is 0 Å².